The van der Waals surface area contributed by atoms with Crippen molar-refractivity contribution in [2.24, 2.45) is 0 Å². The van der Waals surface area contributed by atoms with Crippen LogP contribution < -0.4 is 0 Å². The van der Waals surface area contributed by atoms with Gasteiger partial charge in [0.15, 0.2) is 34.9 Å². The minimum absolute atomic E-state index is 0.104. The maximum Gasteiger partial charge on any atom is 0.164 e. The molecule has 2 unspecified atom stereocenters. The molecule has 3 aliphatic rings. The van der Waals surface area contributed by atoms with Crippen LogP contribution in [0.5, 0.6) is 0 Å². The Balaban J connectivity index is 0.690. The summed E-state index contributed by atoms with van der Waals surface area (Å²) in [5.41, 5.74) is 23.1. The van der Waals surface area contributed by atoms with Gasteiger partial charge in [0, 0.05) is 76.5 Å². The van der Waals surface area contributed by atoms with Crippen molar-refractivity contribution in [1.82, 2.24) is 29.9 Å². The van der Waals surface area contributed by atoms with Crippen molar-refractivity contribution in [1.29, 1.82) is 0 Å². The number of fused-ring (bicyclic) bond motifs is 2. The molecule has 0 amide bonds. The van der Waals surface area contributed by atoms with Gasteiger partial charge in [0.25, 0.3) is 0 Å². The van der Waals surface area contributed by atoms with Gasteiger partial charge in [-0.15, -0.1) is 22.7 Å². The van der Waals surface area contributed by atoms with E-state index in [0.29, 0.717) is 34.9 Å². The van der Waals surface area contributed by atoms with E-state index < -0.39 is 0 Å². The lowest BCUT2D eigenvalue weighted by Crippen LogP contribution is -2.27. The van der Waals surface area contributed by atoms with Crippen molar-refractivity contribution in [3.63, 3.8) is 0 Å². The number of benzene rings is 11. The maximum absolute atomic E-state index is 5.24. The van der Waals surface area contributed by atoms with Crippen LogP contribution in [-0.2, 0) is 0 Å². The summed E-state index contributed by atoms with van der Waals surface area (Å²) in [5.74, 6) is 4.03. The van der Waals surface area contributed by atoms with Crippen LogP contribution in [0.3, 0.4) is 0 Å². The number of aromatic nitrogens is 6. The van der Waals surface area contributed by atoms with Gasteiger partial charge in [-0.2, -0.15) is 0 Å². The maximum atomic E-state index is 5.24. The molecule has 0 N–H and O–H groups in total. The molecule has 8 heteroatoms. The fraction of sp³-hybridized carbons (Fsp3) is 0.0256. The molecule has 402 valence electrons. The zero-order chi connectivity index (χ0) is 56.7. The van der Waals surface area contributed by atoms with Crippen LogP contribution in [0, 0.1) is 0 Å². The van der Waals surface area contributed by atoms with E-state index in [0.717, 1.165) is 55.6 Å². The summed E-state index contributed by atoms with van der Waals surface area (Å²) in [6, 6.07) is 95.2. The Kier molecular flexibility index (Phi) is 12.0. The van der Waals surface area contributed by atoms with Crippen molar-refractivity contribution in [2.75, 3.05) is 0 Å². The summed E-state index contributed by atoms with van der Waals surface area (Å²) in [7, 11) is 0. The molecule has 0 radical (unpaired) electrons. The Morgan fingerprint density at radius 3 is 0.930 bits per heavy atom. The summed E-state index contributed by atoms with van der Waals surface area (Å²) in [4.78, 5) is 31.0. The topological polar surface area (TPSA) is 77.3 Å². The highest BCUT2D eigenvalue weighted by molar-refractivity contribution is 7.18. The average Bonchev–Trinajstić information content (AvgIpc) is 0.941. The third kappa shape index (κ3) is 8.52. The Morgan fingerprint density at radius 2 is 0.512 bits per heavy atom. The SMILES string of the molecule is c1ccc(-c2nc(-c3ccc(-c4ccc5c(c4)C4c6ccccc6C5c5cc(-c6ccc(-c7nc(-c8ccccc8)nc(-c8ccccc8-c8csc9ccccc89)n7)cc6)ccc54)cc3)nc(-c3ccccc3-c3csc4ccccc34)n2)cc1. The first-order valence-electron chi connectivity index (χ1n) is 28.9. The molecular weight excluding hydrogens is 1090 g/mol. The molecule has 4 heterocycles. The van der Waals surface area contributed by atoms with E-state index in [2.05, 4.69) is 241 Å². The van der Waals surface area contributed by atoms with Gasteiger partial charge in [0.1, 0.15) is 0 Å². The zero-order valence-electron chi connectivity index (χ0n) is 46.2. The summed E-state index contributed by atoms with van der Waals surface area (Å²) >= 11 is 3.52. The van der Waals surface area contributed by atoms with Gasteiger partial charge in [0.05, 0.1) is 0 Å². The minimum Gasteiger partial charge on any atom is -0.208 e. The monoisotopic (exact) mass is 1130 g/mol. The lowest BCUT2D eigenvalue weighted by atomic mass is 9.60. The average molecular weight is 1130 g/mol. The third-order valence-electron chi connectivity index (χ3n) is 17.2. The first-order chi connectivity index (χ1) is 42.6. The van der Waals surface area contributed by atoms with Gasteiger partial charge >= 0.3 is 0 Å². The molecule has 0 aliphatic heterocycles. The van der Waals surface area contributed by atoms with Crippen LogP contribution in [0.4, 0.5) is 0 Å². The second kappa shape index (κ2) is 20.6. The van der Waals surface area contributed by atoms with E-state index >= 15 is 0 Å². The van der Waals surface area contributed by atoms with Crippen molar-refractivity contribution >= 4 is 42.8 Å². The van der Waals surface area contributed by atoms with Gasteiger partial charge in [-0.25, -0.2) is 29.9 Å². The van der Waals surface area contributed by atoms with Gasteiger partial charge < -0.3 is 0 Å². The van der Waals surface area contributed by atoms with E-state index in [1.807, 2.05) is 36.4 Å². The predicted octanol–water partition coefficient (Wildman–Crippen LogP) is 20.1. The predicted molar refractivity (Wildman–Crippen MR) is 353 cm³/mol. The highest BCUT2D eigenvalue weighted by atomic mass is 32.1. The Hall–Kier alpha value is -10.6. The molecule has 2 bridgehead atoms. The van der Waals surface area contributed by atoms with E-state index in [9.17, 15) is 0 Å². The molecule has 18 rings (SSSR count). The Bertz CT molecular complexity index is 4810. The molecule has 2 atom stereocenters. The number of hydrogen-bond acceptors (Lipinski definition) is 8. The highest BCUT2D eigenvalue weighted by Gasteiger charge is 2.41. The lowest BCUT2D eigenvalue weighted by Gasteiger charge is -2.42. The largest absolute Gasteiger partial charge is 0.208 e. The van der Waals surface area contributed by atoms with Gasteiger partial charge in [0.2, 0.25) is 0 Å². The van der Waals surface area contributed by atoms with Crippen molar-refractivity contribution in [3.05, 3.63) is 311 Å². The summed E-state index contributed by atoms with van der Waals surface area (Å²) in [6.45, 7) is 0. The van der Waals surface area contributed by atoms with E-state index in [4.69, 9.17) is 29.9 Å². The first-order valence-corrected chi connectivity index (χ1v) is 30.7. The van der Waals surface area contributed by atoms with Gasteiger partial charge in [-0.05, 0) is 102 Å². The fourth-order valence-electron chi connectivity index (χ4n) is 13.1. The van der Waals surface area contributed by atoms with Crippen LogP contribution in [0.15, 0.2) is 278 Å². The molecule has 11 aromatic carbocycles. The third-order valence-corrected chi connectivity index (χ3v) is 19.1. The van der Waals surface area contributed by atoms with E-state index in [1.54, 1.807) is 22.7 Å². The van der Waals surface area contributed by atoms with Crippen molar-refractivity contribution < 1.29 is 0 Å². The first kappa shape index (κ1) is 49.9. The lowest BCUT2D eigenvalue weighted by molar-refractivity contribution is 0.755. The van der Waals surface area contributed by atoms with Crippen LogP contribution in [0.25, 0.3) is 133 Å². The molecule has 4 aromatic heterocycles. The molecule has 0 fully saturated rings. The van der Waals surface area contributed by atoms with Crippen molar-refractivity contribution in [2.45, 2.75) is 11.8 Å². The molecule has 86 heavy (non-hydrogen) atoms. The van der Waals surface area contributed by atoms with E-state index in [-0.39, 0.29) is 11.8 Å². The minimum atomic E-state index is 0.104. The van der Waals surface area contributed by atoms with Crippen LogP contribution in [0.2, 0.25) is 0 Å². The Labute approximate surface area is 505 Å². The Morgan fingerprint density at radius 1 is 0.209 bits per heavy atom. The summed E-state index contributed by atoms with van der Waals surface area (Å²) in [6.07, 6.45) is 0. The molecule has 3 aliphatic carbocycles. The zero-order valence-corrected chi connectivity index (χ0v) is 47.8. The van der Waals surface area contributed by atoms with Crippen LogP contribution in [-0.4, -0.2) is 29.9 Å². The molecule has 15 aromatic rings. The fourth-order valence-corrected chi connectivity index (χ4v) is 15.0. The van der Waals surface area contributed by atoms with Gasteiger partial charge in [-0.3, -0.25) is 0 Å². The molecular formula is C78H48N6S2. The summed E-state index contributed by atoms with van der Waals surface area (Å²) in [5, 5.41) is 6.94. The van der Waals surface area contributed by atoms with Crippen LogP contribution >= 0.6 is 22.7 Å². The normalized spacial score (nSPS) is 13.8. The van der Waals surface area contributed by atoms with Crippen molar-refractivity contribution in [3.8, 4) is 113 Å². The standard InChI is InChI=1S/C78H48N6S2/c1-3-17-49(18-4-1)73-79-75(83-77(81-73)63-27-11-7-21-55(63)67-45-85-69-29-15-13-23-57(67)69)51-35-31-47(32-36-51)53-39-41-61-65(43-53)71-59-25-9-10-26-60(59)72(61)66-44-54(40-42-62(66)71)48-33-37-52(38-34-48)76-80-74(50-19-5-2-6-20-50)82-78(84-76)64-28-12-8-22-56(64)68-46-86-70-30-16-14-24-58(68)70/h1-46,71-72H. The molecule has 6 nitrogen and oxygen atoms in total. The van der Waals surface area contributed by atoms with Gasteiger partial charge in [-0.1, -0.05) is 243 Å². The second-order valence-corrected chi connectivity index (χ2v) is 23.9. The number of thiophene rings is 2. The van der Waals surface area contributed by atoms with Crippen LogP contribution in [0.1, 0.15) is 45.2 Å². The molecule has 0 saturated carbocycles. The smallest absolute Gasteiger partial charge is 0.164 e. The molecule has 0 spiro atoms. The summed E-state index contributed by atoms with van der Waals surface area (Å²) < 4.78 is 2.50. The second-order valence-electron chi connectivity index (χ2n) is 22.1. The molecule has 0 saturated heterocycles. The number of nitrogens with zero attached hydrogens (tertiary/aromatic N) is 6. The number of hydrogen-bond donors (Lipinski definition) is 0. The quantitative estimate of drug-likeness (QED) is 0.136. The highest BCUT2D eigenvalue weighted by Crippen LogP contribution is 2.57. The number of rotatable bonds is 10. The van der Waals surface area contributed by atoms with E-state index in [1.165, 1.54) is 75.8 Å².